The molecule has 0 radical (unpaired) electrons. The zero-order valence-electron chi connectivity index (χ0n) is 11.4. The molecule has 0 saturated heterocycles. The van der Waals surface area contributed by atoms with Crippen molar-refractivity contribution in [2.24, 2.45) is 5.41 Å². The second-order valence-electron chi connectivity index (χ2n) is 4.61. The Balaban J connectivity index is 2.89. The van der Waals surface area contributed by atoms with Gasteiger partial charge in [-0.1, -0.05) is 19.9 Å². The fourth-order valence-corrected chi connectivity index (χ4v) is 3.18. The molecule has 20 heavy (non-hydrogen) atoms. The molecule has 1 amide bonds. The third kappa shape index (κ3) is 3.82. The zero-order valence-corrected chi connectivity index (χ0v) is 14.5. The van der Waals surface area contributed by atoms with Crippen LogP contribution in [0.25, 0.3) is 0 Å². The fraction of sp³-hybridized carbons (Fsp3) is 0.429. The summed E-state index contributed by atoms with van der Waals surface area (Å²) < 4.78 is 1.49. The van der Waals surface area contributed by atoms with Crippen molar-refractivity contribution in [3.8, 4) is 0 Å². The number of rotatable bonds is 6. The normalized spacial score (nSPS) is 11.2. The Morgan fingerprint density at radius 3 is 2.10 bits per heavy atom. The zero-order chi connectivity index (χ0) is 15.3. The molecular weight excluding hydrogens is 390 g/mol. The van der Waals surface area contributed by atoms with Crippen LogP contribution in [-0.4, -0.2) is 17.0 Å². The van der Waals surface area contributed by atoms with Crippen LogP contribution in [0.3, 0.4) is 0 Å². The number of anilines is 1. The summed E-state index contributed by atoms with van der Waals surface area (Å²) in [6.45, 7) is 3.58. The van der Waals surface area contributed by atoms with Crippen LogP contribution in [0.2, 0.25) is 0 Å². The first-order chi connectivity index (χ1) is 9.36. The Bertz CT molecular complexity index is 493. The van der Waals surface area contributed by atoms with Crippen LogP contribution in [0.5, 0.6) is 0 Å². The van der Waals surface area contributed by atoms with E-state index in [1.165, 1.54) is 0 Å². The number of aliphatic carboxylic acids is 1. The average Bonchev–Trinajstić information content (AvgIpc) is 2.40. The lowest BCUT2D eigenvalue weighted by Gasteiger charge is -2.26. The molecule has 6 heteroatoms. The van der Waals surface area contributed by atoms with E-state index in [1.54, 1.807) is 13.8 Å². The van der Waals surface area contributed by atoms with Crippen molar-refractivity contribution < 1.29 is 14.7 Å². The van der Waals surface area contributed by atoms with Crippen LogP contribution < -0.4 is 5.32 Å². The summed E-state index contributed by atoms with van der Waals surface area (Å²) in [5.74, 6) is -1.23. The first kappa shape index (κ1) is 17.2. The SMILES string of the molecule is CCC(CC)(CC(=O)Nc1c(Br)cccc1Br)C(=O)O. The Labute approximate surface area is 135 Å². The van der Waals surface area contributed by atoms with Crippen LogP contribution in [0.1, 0.15) is 33.1 Å². The smallest absolute Gasteiger partial charge is 0.310 e. The molecule has 0 aliphatic rings. The number of benzene rings is 1. The van der Waals surface area contributed by atoms with E-state index >= 15 is 0 Å². The lowest BCUT2D eigenvalue weighted by molar-refractivity contribution is -0.151. The van der Waals surface area contributed by atoms with Gasteiger partial charge < -0.3 is 10.4 Å². The highest BCUT2D eigenvalue weighted by Gasteiger charge is 2.37. The molecule has 0 aliphatic heterocycles. The van der Waals surface area contributed by atoms with Crippen LogP contribution >= 0.6 is 31.9 Å². The van der Waals surface area contributed by atoms with Gasteiger partial charge in [0, 0.05) is 15.4 Å². The maximum absolute atomic E-state index is 12.1. The van der Waals surface area contributed by atoms with Gasteiger partial charge in [0.1, 0.15) is 0 Å². The number of carboxylic acid groups (broad SMARTS) is 1. The Kier molecular flexibility index (Phi) is 6.20. The molecule has 0 atom stereocenters. The van der Waals surface area contributed by atoms with Gasteiger partial charge in [-0.15, -0.1) is 0 Å². The van der Waals surface area contributed by atoms with Crippen molar-refractivity contribution in [1.29, 1.82) is 0 Å². The number of amides is 1. The van der Waals surface area contributed by atoms with Gasteiger partial charge in [0.2, 0.25) is 5.91 Å². The highest BCUT2D eigenvalue weighted by Crippen LogP contribution is 2.34. The molecule has 2 N–H and O–H groups in total. The molecule has 1 rings (SSSR count). The van der Waals surface area contributed by atoms with Gasteiger partial charge in [-0.3, -0.25) is 9.59 Å². The molecule has 0 aromatic heterocycles. The summed E-state index contributed by atoms with van der Waals surface area (Å²) in [7, 11) is 0. The maximum atomic E-state index is 12.1. The molecule has 0 spiro atoms. The van der Waals surface area contributed by atoms with Gasteiger partial charge in [-0.05, 0) is 56.8 Å². The quantitative estimate of drug-likeness (QED) is 0.734. The maximum Gasteiger partial charge on any atom is 0.310 e. The molecule has 0 unspecified atom stereocenters. The number of carbonyl (C=O) groups excluding carboxylic acids is 1. The number of carbonyl (C=O) groups is 2. The van der Waals surface area contributed by atoms with Gasteiger partial charge in [0.05, 0.1) is 11.1 Å². The lowest BCUT2D eigenvalue weighted by atomic mass is 9.79. The number of halogens is 2. The van der Waals surface area contributed by atoms with Crippen molar-refractivity contribution in [3.63, 3.8) is 0 Å². The van der Waals surface area contributed by atoms with Crippen LogP contribution in [0.4, 0.5) is 5.69 Å². The van der Waals surface area contributed by atoms with Gasteiger partial charge in [0.25, 0.3) is 0 Å². The Morgan fingerprint density at radius 2 is 1.70 bits per heavy atom. The summed E-state index contributed by atoms with van der Waals surface area (Å²) in [6, 6.07) is 5.46. The van der Waals surface area contributed by atoms with E-state index in [9.17, 15) is 14.7 Å². The highest BCUT2D eigenvalue weighted by atomic mass is 79.9. The van der Waals surface area contributed by atoms with Crippen LogP contribution in [-0.2, 0) is 9.59 Å². The Hall–Kier alpha value is -0.880. The molecule has 0 saturated carbocycles. The molecule has 0 fully saturated rings. The first-order valence-corrected chi connectivity index (χ1v) is 7.92. The second kappa shape index (κ2) is 7.22. The van der Waals surface area contributed by atoms with Gasteiger partial charge in [0.15, 0.2) is 0 Å². The number of nitrogens with one attached hydrogen (secondary N) is 1. The lowest BCUT2D eigenvalue weighted by Crippen LogP contribution is -2.34. The third-order valence-corrected chi connectivity index (χ3v) is 4.86. The van der Waals surface area contributed by atoms with Crippen molar-refractivity contribution in [2.75, 3.05) is 5.32 Å². The summed E-state index contributed by atoms with van der Waals surface area (Å²) in [5.41, 5.74) is -0.387. The minimum absolute atomic E-state index is 0.0386. The van der Waals surface area contributed by atoms with E-state index in [-0.39, 0.29) is 12.3 Å². The Morgan fingerprint density at radius 1 is 1.20 bits per heavy atom. The molecular formula is C14H17Br2NO3. The number of carboxylic acids is 1. The highest BCUT2D eigenvalue weighted by molar-refractivity contribution is 9.11. The molecule has 0 heterocycles. The van der Waals surface area contributed by atoms with Gasteiger partial charge in [-0.25, -0.2) is 0 Å². The third-order valence-electron chi connectivity index (χ3n) is 3.53. The van der Waals surface area contributed by atoms with E-state index in [0.29, 0.717) is 18.5 Å². The summed E-state index contributed by atoms with van der Waals surface area (Å²) >= 11 is 6.71. The molecule has 110 valence electrons. The number of hydrogen-bond donors (Lipinski definition) is 2. The number of para-hydroxylation sites is 1. The second-order valence-corrected chi connectivity index (χ2v) is 6.32. The van der Waals surface area contributed by atoms with E-state index < -0.39 is 11.4 Å². The fourth-order valence-electron chi connectivity index (χ4n) is 1.99. The largest absolute Gasteiger partial charge is 0.481 e. The standard InChI is InChI=1S/C14H17Br2NO3/c1-3-14(4-2,13(19)20)8-11(18)17-12-9(15)6-5-7-10(12)16/h5-7H,3-4,8H2,1-2H3,(H,17,18)(H,19,20). The average molecular weight is 407 g/mol. The molecule has 1 aromatic rings. The summed E-state index contributed by atoms with van der Waals surface area (Å²) in [4.78, 5) is 23.5. The molecule has 4 nitrogen and oxygen atoms in total. The monoisotopic (exact) mass is 405 g/mol. The minimum atomic E-state index is -1.00. The van der Waals surface area contributed by atoms with Gasteiger partial charge >= 0.3 is 5.97 Å². The van der Waals surface area contributed by atoms with E-state index in [2.05, 4.69) is 37.2 Å². The summed E-state index contributed by atoms with van der Waals surface area (Å²) in [6.07, 6.45) is 0.801. The van der Waals surface area contributed by atoms with E-state index in [0.717, 1.165) is 8.95 Å². The van der Waals surface area contributed by atoms with Crippen molar-refractivity contribution >= 4 is 49.4 Å². The summed E-state index contributed by atoms with van der Waals surface area (Å²) in [5, 5.41) is 12.1. The van der Waals surface area contributed by atoms with E-state index in [4.69, 9.17) is 0 Å². The minimum Gasteiger partial charge on any atom is -0.481 e. The topological polar surface area (TPSA) is 66.4 Å². The van der Waals surface area contributed by atoms with Gasteiger partial charge in [-0.2, -0.15) is 0 Å². The van der Waals surface area contributed by atoms with Crippen molar-refractivity contribution in [1.82, 2.24) is 0 Å². The molecule has 1 aromatic carbocycles. The predicted molar refractivity (Wildman–Crippen MR) is 85.7 cm³/mol. The van der Waals surface area contributed by atoms with Crippen LogP contribution in [0.15, 0.2) is 27.1 Å². The first-order valence-electron chi connectivity index (χ1n) is 6.33. The van der Waals surface area contributed by atoms with E-state index in [1.807, 2.05) is 18.2 Å². The van der Waals surface area contributed by atoms with Crippen molar-refractivity contribution in [3.05, 3.63) is 27.1 Å². The predicted octanol–water partition coefficient (Wildman–Crippen LogP) is 4.43. The van der Waals surface area contributed by atoms with Crippen LogP contribution in [0, 0.1) is 5.41 Å². The molecule has 0 bridgehead atoms. The van der Waals surface area contributed by atoms with Crippen molar-refractivity contribution in [2.45, 2.75) is 33.1 Å². The molecule has 0 aliphatic carbocycles. The number of hydrogen-bond acceptors (Lipinski definition) is 2.